The summed E-state index contributed by atoms with van der Waals surface area (Å²) in [4.78, 5) is 20.9. The molecular formula is C22H23N5O6S2. The van der Waals surface area contributed by atoms with Crippen LogP contribution in [0.15, 0.2) is 59.5 Å². The lowest BCUT2D eigenvalue weighted by atomic mass is 10.2. The van der Waals surface area contributed by atoms with Crippen LogP contribution in [0.4, 0.5) is 17.3 Å². The van der Waals surface area contributed by atoms with Gasteiger partial charge in [0.25, 0.3) is 15.9 Å². The van der Waals surface area contributed by atoms with Gasteiger partial charge < -0.3 is 10.1 Å². The summed E-state index contributed by atoms with van der Waals surface area (Å²) in [6.07, 6.45) is -0.0493. The monoisotopic (exact) mass is 517 g/mol. The molecule has 0 spiro atoms. The van der Waals surface area contributed by atoms with E-state index in [0.29, 0.717) is 22.8 Å². The minimum atomic E-state index is -3.96. The van der Waals surface area contributed by atoms with E-state index < -0.39 is 32.1 Å². The number of aryl methyl sites for hydroxylation is 2. The van der Waals surface area contributed by atoms with Gasteiger partial charge in [-0.3, -0.25) is 9.10 Å². The van der Waals surface area contributed by atoms with Crippen LogP contribution >= 0.6 is 0 Å². The summed E-state index contributed by atoms with van der Waals surface area (Å²) in [6, 6.07) is 13.7. The maximum absolute atomic E-state index is 12.8. The highest BCUT2D eigenvalue weighted by molar-refractivity contribution is 7.92. The Kier molecular flexibility index (Phi) is 6.38. The van der Waals surface area contributed by atoms with Crippen LogP contribution in [0.3, 0.4) is 0 Å². The van der Waals surface area contributed by atoms with Gasteiger partial charge >= 0.3 is 0 Å². The van der Waals surface area contributed by atoms with Crippen LogP contribution in [-0.2, 0) is 24.8 Å². The Labute approximate surface area is 203 Å². The highest BCUT2D eigenvalue weighted by Crippen LogP contribution is 2.34. The zero-order chi connectivity index (χ0) is 25.4. The van der Waals surface area contributed by atoms with Crippen molar-refractivity contribution in [3.8, 4) is 5.75 Å². The number of nitrogens with zero attached hydrogens (tertiary/aromatic N) is 3. The van der Waals surface area contributed by atoms with Crippen molar-refractivity contribution in [2.45, 2.75) is 24.8 Å². The van der Waals surface area contributed by atoms with Gasteiger partial charge in [0.05, 0.1) is 23.4 Å². The van der Waals surface area contributed by atoms with Gasteiger partial charge in [-0.05, 0) is 56.3 Å². The predicted molar refractivity (Wildman–Crippen MR) is 130 cm³/mol. The van der Waals surface area contributed by atoms with E-state index in [-0.39, 0.29) is 23.1 Å². The van der Waals surface area contributed by atoms with Crippen LogP contribution in [0.5, 0.6) is 5.75 Å². The number of rotatable bonds is 6. The minimum Gasteiger partial charge on any atom is -0.476 e. The van der Waals surface area contributed by atoms with Gasteiger partial charge in [0.1, 0.15) is 5.75 Å². The highest BCUT2D eigenvalue weighted by atomic mass is 32.2. The Morgan fingerprint density at radius 1 is 1.00 bits per heavy atom. The molecule has 184 valence electrons. The first kappa shape index (κ1) is 24.4. The maximum atomic E-state index is 12.8. The third kappa shape index (κ3) is 5.52. The minimum absolute atomic E-state index is 0.0370. The Morgan fingerprint density at radius 2 is 1.63 bits per heavy atom. The van der Waals surface area contributed by atoms with Crippen LogP contribution in [0, 0.1) is 13.8 Å². The zero-order valence-electron chi connectivity index (χ0n) is 19.1. The summed E-state index contributed by atoms with van der Waals surface area (Å²) in [7, 11) is -7.60. The van der Waals surface area contributed by atoms with Crippen molar-refractivity contribution in [1.29, 1.82) is 0 Å². The molecule has 1 aliphatic heterocycles. The van der Waals surface area contributed by atoms with Gasteiger partial charge in [0, 0.05) is 17.1 Å². The number of hydrogen-bond acceptors (Lipinski definition) is 8. The Bertz CT molecular complexity index is 1470. The molecule has 0 bridgehead atoms. The van der Waals surface area contributed by atoms with E-state index in [1.54, 1.807) is 44.2 Å². The summed E-state index contributed by atoms with van der Waals surface area (Å²) in [5.41, 5.74) is 1.91. The fourth-order valence-electron chi connectivity index (χ4n) is 3.54. The highest BCUT2D eigenvalue weighted by Gasteiger charge is 2.35. The van der Waals surface area contributed by atoms with Crippen LogP contribution in [0.25, 0.3) is 0 Å². The molecule has 4 rings (SSSR count). The third-order valence-electron chi connectivity index (χ3n) is 5.07. The van der Waals surface area contributed by atoms with Crippen molar-refractivity contribution in [1.82, 2.24) is 9.97 Å². The second-order valence-corrected chi connectivity index (χ2v) is 11.6. The van der Waals surface area contributed by atoms with E-state index in [4.69, 9.17) is 4.74 Å². The molecule has 3 aromatic rings. The molecule has 1 atom stereocenters. The predicted octanol–water partition coefficient (Wildman–Crippen LogP) is 2.06. The molecular weight excluding hydrogens is 494 g/mol. The average molecular weight is 518 g/mol. The quantitative estimate of drug-likeness (QED) is 0.505. The van der Waals surface area contributed by atoms with Crippen molar-refractivity contribution in [3.63, 3.8) is 0 Å². The number of aromatic nitrogens is 2. The van der Waals surface area contributed by atoms with Gasteiger partial charge in [-0.15, -0.1) is 0 Å². The third-order valence-corrected chi connectivity index (χ3v) is 7.56. The number of anilines is 3. The molecule has 1 amide bonds. The lowest BCUT2D eigenvalue weighted by molar-refractivity contribution is -0.122. The number of carbonyl (C=O) groups is 1. The van der Waals surface area contributed by atoms with Crippen LogP contribution < -0.4 is 19.1 Å². The molecule has 0 saturated heterocycles. The Balaban J connectivity index is 1.48. The number of benzene rings is 2. The molecule has 0 aliphatic carbocycles. The number of ether oxygens (including phenoxy) is 1. The molecule has 1 unspecified atom stereocenters. The number of fused-ring (bicyclic) bond motifs is 1. The van der Waals surface area contributed by atoms with Crippen LogP contribution in [-0.4, -0.2) is 51.6 Å². The molecule has 0 radical (unpaired) electrons. The second-order valence-electron chi connectivity index (χ2n) is 7.96. The van der Waals surface area contributed by atoms with Crippen molar-refractivity contribution < 1.29 is 26.4 Å². The first-order chi connectivity index (χ1) is 16.4. The fourth-order valence-corrected chi connectivity index (χ4v) is 5.40. The van der Waals surface area contributed by atoms with Crippen LogP contribution in [0.2, 0.25) is 0 Å². The van der Waals surface area contributed by atoms with Crippen molar-refractivity contribution in [3.05, 3.63) is 66.0 Å². The maximum Gasteiger partial charge on any atom is 0.267 e. The number of hydrogen-bond donors (Lipinski definition) is 2. The van der Waals surface area contributed by atoms with E-state index in [2.05, 4.69) is 20.0 Å². The topological polar surface area (TPSA) is 148 Å². The average Bonchev–Trinajstić information content (AvgIpc) is 2.77. The van der Waals surface area contributed by atoms with Gasteiger partial charge in [0.2, 0.25) is 16.0 Å². The number of nitrogens with one attached hydrogen (secondary N) is 2. The van der Waals surface area contributed by atoms with Gasteiger partial charge in [0.15, 0.2) is 6.10 Å². The first-order valence-corrected chi connectivity index (χ1v) is 13.7. The summed E-state index contributed by atoms with van der Waals surface area (Å²) >= 11 is 0. The smallest absolute Gasteiger partial charge is 0.267 e. The zero-order valence-corrected chi connectivity index (χ0v) is 20.7. The standard InChI is InChI=1S/C22H23N5O6S2/c1-14-12-15(2)24-22(23-14)26-35(31,32)17-10-8-16(9-11-17)25-21(28)20-13-27(34(3,29)30)18-6-4-5-7-19(18)33-20/h4-12,20H,13H2,1-3H3,(H,25,28)(H,23,24,26). The van der Waals surface area contributed by atoms with E-state index in [1.165, 1.54) is 24.3 Å². The molecule has 2 heterocycles. The molecule has 35 heavy (non-hydrogen) atoms. The summed E-state index contributed by atoms with van der Waals surface area (Å²) < 4.78 is 59.0. The van der Waals surface area contributed by atoms with E-state index >= 15 is 0 Å². The van der Waals surface area contributed by atoms with Crippen molar-refractivity contribution in [2.24, 2.45) is 0 Å². The Hall–Kier alpha value is -3.71. The van der Waals surface area contributed by atoms with Gasteiger partial charge in [-0.25, -0.2) is 31.5 Å². The van der Waals surface area contributed by atoms with Crippen LogP contribution in [0.1, 0.15) is 11.4 Å². The number of para-hydroxylation sites is 2. The molecule has 2 aromatic carbocycles. The summed E-state index contributed by atoms with van der Waals surface area (Å²) in [6.45, 7) is 3.26. The Morgan fingerprint density at radius 3 is 2.26 bits per heavy atom. The molecule has 0 fully saturated rings. The normalized spacial score (nSPS) is 15.6. The number of amides is 1. The van der Waals surface area contributed by atoms with E-state index in [0.717, 1.165) is 10.6 Å². The molecule has 0 saturated carbocycles. The summed E-state index contributed by atoms with van der Waals surface area (Å²) in [5, 5.41) is 2.63. The lowest BCUT2D eigenvalue weighted by Gasteiger charge is -2.33. The van der Waals surface area contributed by atoms with Gasteiger partial charge in [-0.1, -0.05) is 12.1 Å². The summed E-state index contributed by atoms with van der Waals surface area (Å²) in [5.74, 6) is -0.346. The fraction of sp³-hybridized carbons (Fsp3) is 0.227. The molecule has 2 N–H and O–H groups in total. The van der Waals surface area contributed by atoms with Crippen molar-refractivity contribution in [2.75, 3.05) is 27.1 Å². The van der Waals surface area contributed by atoms with E-state index in [1.807, 2.05) is 0 Å². The molecule has 1 aromatic heterocycles. The molecule has 13 heteroatoms. The SMILES string of the molecule is Cc1cc(C)nc(NS(=O)(=O)c2ccc(NC(=O)C3CN(S(C)(=O)=O)c4ccccc4O3)cc2)n1. The number of sulfonamides is 2. The van der Waals surface area contributed by atoms with Crippen molar-refractivity contribution >= 4 is 43.3 Å². The second kappa shape index (κ2) is 9.15. The van der Waals surface area contributed by atoms with E-state index in [9.17, 15) is 21.6 Å². The molecule has 11 nitrogen and oxygen atoms in total. The molecule has 1 aliphatic rings. The van der Waals surface area contributed by atoms with Gasteiger partial charge in [-0.2, -0.15) is 0 Å². The first-order valence-electron chi connectivity index (χ1n) is 10.4. The number of carbonyl (C=O) groups excluding carboxylic acids is 1. The lowest BCUT2D eigenvalue weighted by Crippen LogP contribution is -2.48. The largest absolute Gasteiger partial charge is 0.476 e.